The molecule has 5 rings (SSSR count). The summed E-state index contributed by atoms with van der Waals surface area (Å²) in [4.78, 5) is 55.0. The first-order valence-electron chi connectivity index (χ1n) is 18.0. The van der Waals surface area contributed by atoms with Crippen LogP contribution in [0.2, 0.25) is 14.1 Å². The zero-order valence-electron chi connectivity index (χ0n) is 34.8. The van der Waals surface area contributed by atoms with Crippen LogP contribution in [0.15, 0.2) is 51.0 Å². The molecule has 3 aromatic heterocycles. The van der Waals surface area contributed by atoms with Crippen LogP contribution in [-0.4, -0.2) is 142 Å². The van der Waals surface area contributed by atoms with Crippen molar-refractivity contribution in [3.05, 3.63) is 90.5 Å². The summed E-state index contributed by atoms with van der Waals surface area (Å²) < 4.78 is 11.6. The summed E-state index contributed by atoms with van der Waals surface area (Å²) in [6.45, 7) is 6.08. The van der Waals surface area contributed by atoms with Gasteiger partial charge in [0, 0.05) is 89.2 Å². The summed E-state index contributed by atoms with van der Waals surface area (Å²) in [5.41, 5.74) is 0.878. The molecule has 3 N–H and O–H groups in total. The van der Waals surface area contributed by atoms with Crippen LogP contribution >= 0.6 is 57.5 Å². The number of hydrogen-bond donors (Lipinski definition) is 3. The average molecular weight is 980 g/mol. The highest BCUT2D eigenvalue weighted by molar-refractivity contribution is 7.16. The van der Waals surface area contributed by atoms with Crippen LogP contribution in [0.1, 0.15) is 28.7 Å². The number of nitro groups is 3. The smallest absolute Gasteiger partial charge is 0.277 e. The number of nitriles is 1. The maximum absolute atomic E-state index is 10.5. The molecule has 344 valence electrons. The molecule has 26 nitrogen and oxygen atoms in total. The van der Waals surface area contributed by atoms with Crippen LogP contribution in [0.4, 0.5) is 0 Å². The molecule has 3 aromatic rings. The number of pyridine rings is 1. The lowest BCUT2D eigenvalue weighted by atomic mass is 10.1. The lowest BCUT2D eigenvalue weighted by Crippen LogP contribution is -2.51. The Hall–Kier alpha value is -5.83. The number of nitrogens with zero attached hydrogens (tertiary/aromatic N) is 15. The first-order chi connectivity index (χ1) is 29.9. The lowest BCUT2D eigenvalue weighted by molar-refractivity contribution is -0.486. The predicted molar refractivity (Wildman–Crippen MR) is 238 cm³/mol. The van der Waals surface area contributed by atoms with Crippen LogP contribution in [0.3, 0.4) is 0 Å². The van der Waals surface area contributed by atoms with E-state index in [2.05, 4.69) is 51.2 Å². The third kappa shape index (κ3) is 21.7. The number of guanidine groups is 3. The van der Waals surface area contributed by atoms with E-state index in [1.54, 1.807) is 79.7 Å². The number of hydrogen-bond acceptors (Lipinski definition) is 15. The Morgan fingerprint density at radius 2 is 1.60 bits per heavy atom. The third-order valence-electron chi connectivity index (χ3n) is 7.86. The molecule has 0 amide bonds. The Balaban J connectivity index is 0.000000290. The molecule has 2 aliphatic rings. The van der Waals surface area contributed by atoms with Gasteiger partial charge in [-0.25, -0.2) is 45.3 Å². The Morgan fingerprint density at radius 3 is 2.11 bits per heavy atom. The number of nitrogens with one attached hydrogen (secondary N) is 3. The Morgan fingerprint density at radius 1 is 0.937 bits per heavy atom. The molecule has 1 unspecified atom stereocenters. The fourth-order valence-corrected chi connectivity index (χ4v) is 6.99. The molecule has 0 spiro atoms. The highest BCUT2D eigenvalue weighted by Gasteiger charge is 2.28. The second-order valence-electron chi connectivity index (χ2n) is 12.6. The molecule has 0 saturated carbocycles. The average Bonchev–Trinajstić information content (AvgIpc) is 4.01. The van der Waals surface area contributed by atoms with Gasteiger partial charge in [0.1, 0.15) is 39.8 Å². The summed E-state index contributed by atoms with van der Waals surface area (Å²) in [7, 11) is 8.38. The molecule has 0 bridgehead atoms. The molecular weight excluding hydrogens is 935 g/mol. The van der Waals surface area contributed by atoms with Crippen molar-refractivity contribution in [2.45, 2.75) is 33.0 Å². The summed E-state index contributed by atoms with van der Waals surface area (Å²) in [6.07, 6.45) is 7.66. The number of ether oxygens (including phenoxy) is 2. The first-order valence-corrected chi connectivity index (χ1v) is 20.8. The minimum Gasteiger partial charge on any atom is -0.381 e. The normalized spacial score (nSPS) is 15.7. The van der Waals surface area contributed by atoms with Crippen molar-refractivity contribution in [3.8, 4) is 6.19 Å². The fourth-order valence-electron chi connectivity index (χ4n) is 4.93. The van der Waals surface area contributed by atoms with Crippen LogP contribution in [-0.2, 0) is 29.1 Å². The van der Waals surface area contributed by atoms with Gasteiger partial charge in [0.25, 0.3) is 17.9 Å². The Kier molecular flexibility index (Phi) is 24.3. The Labute approximate surface area is 384 Å². The predicted octanol–water partition coefficient (Wildman–Crippen LogP) is 3.46. The van der Waals surface area contributed by atoms with E-state index in [0.717, 1.165) is 28.3 Å². The second-order valence-corrected chi connectivity index (χ2v) is 16.4. The van der Waals surface area contributed by atoms with E-state index in [4.69, 9.17) is 49.5 Å². The van der Waals surface area contributed by atoms with Crippen LogP contribution in [0.25, 0.3) is 0 Å². The molecule has 31 heteroatoms. The van der Waals surface area contributed by atoms with E-state index in [0.29, 0.717) is 78.0 Å². The van der Waals surface area contributed by atoms with E-state index >= 15 is 0 Å². The maximum atomic E-state index is 10.5. The van der Waals surface area contributed by atoms with Gasteiger partial charge in [-0.2, -0.15) is 10.3 Å². The highest BCUT2D eigenvalue weighted by atomic mass is 35.5. The molecule has 0 aromatic carbocycles. The van der Waals surface area contributed by atoms with Crippen LogP contribution in [0, 0.1) is 47.7 Å². The molecule has 2 saturated heterocycles. The van der Waals surface area contributed by atoms with Crippen molar-refractivity contribution in [1.29, 1.82) is 5.26 Å². The van der Waals surface area contributed by atoms with Gasteiger partial charge in [0.05, 0.1) is 19.7 Å². The summed E-state index contributed by atoms with van der Waals surface area (Å²) in [5.74, 6) is 1.68. The number of hydrazone groups is 3. The molecule has 1 atom stereocenters. The van der Waals surface area contributed by atoms with Crippen molar-refractivity contribution < 1.29 is 24.6 Å². The van der Waals surface area contributed by atoms with E-state index in [1.807, 2.05) is 11.9 Å². The van der Waals surface area contributed by atoms with Crippen molar-refractivity contribution in [2.75, 3.05) is 68.5 Å². The van der Waals surface area contributed by atoms with Gasteiger partial charge in [-0.1, -0.05) is 40.9 Å². The summed E-state index contributed by atoms with van der Waals surface area (Å²) in [6, 6.07) is 3.46. The second kappa shape index (κ2) is 28.7. The van der Waals surface area contributed by atoms with E-state index in [9.17, 15) is 30.3 Å². The molecule has 2 fully saturated rings. The zero-order valence-corrected chi connectivity index (χ0v) is 38.7. The van der Waals surface area contributed by atoms with Crippen molar-refractivity contribution in [3.63, 3.8) is 0 Å². The molecule has 0 aliphatic carbocycles. The zero-order chi connectivity index (χ0) is 46.9. The molecule has 2 aliphatic heterocycles. The van der Waals surface area contributed by atoms with E-state index < -0.39 is 15.1 Å². The fraction of sp³-hybridized carbons (Fsp3) is 0.500. The number of halogens is 3. The van der Waals surface area contributed by atoms with Gasteiger partial charge in [-0.15, -0.1) is 22.7 Å². The number of amidine groups is 1. The largest absolute Gasteiger partial charge is 0.381 e. The first kappa shape index (κ1) is 53.3. The third-order valence-corrected chi connectivity index (χ3v) is 10.3. The maximum Gasteiger partial charge on any atom is 0.277 e. The molecule has 63 heavy (non-hydrogen) atoms. The van der Waals surface area contributed by atoms with Gasteiger partial charge in [-0.05, 0) is 25.0 Å². The minimum absolute atomic E-state index is 0.0875. The Bertz CT molecular complexity index is 2080. The summed E-state index contributed by atoms with van der Waals surface area (Å²) >= 11 is 19.7. The number of aromatic nitrogens is 3. The van der Waals surface area contributed by atoms with Gasteiger partial charge >= 0.3 is 0 Å². The SMILES string of the molecule is CC(=NC#N)N(C)Cc1cnc(Cl)s1.CN/C(=N\[N+](=O)[O-])N(C)Cc1ccc(Cl)nc1.CN/C(=N\[N+](=O)[O-])NCc1cnc(Cl)s1.CN1COCN(CC2CCOC2)/C1=N/[N+](=O)[O-]. The van der Waals surface area contributed by atoms with Crippen LogP contribution in [0.5, 0.6) is 0 Å². The lowest BCUT2D eigenvalue weighted by Gasteiger charge is -2.35. The van der Waals surface area contributed by atoms with Crippen molar-refractivity contribution in [1.82, 2.24) is 50.5 Å². The van der Waals surface area contributed by atoms with Gasteiger partial charge in [0.15, 0.2) is 24.0 Å². The molecule has 5 heterocycles. The number of aliphatic imine (C=N–C) groups is 1. The molecular formula is C32H45Cl3N18O8S2. The van der Waals surface area contributed by atoms with E-state index in [1.165, 1.54) is 29.7 Å². The van der Waals surface area contributed by atoms with Crippen molar-refractivity contribution in [2.24, 2.45) is 26.2 Å². The monoisotopic (exact) mass is 978 g/mol. The molecule has 0 radical (unpaired) electrons. The van der Waals surface area contributed by atoms with Gasteiger partial charge in [-0.3, -0.25) is 0 Å². The summed E-state index contributed by atoms with van der Waals surface area (Å²) in [5, 5.41) is 55.1. The topological polar surface area (TPSA) is 309 Å². The van der Waals surface area contributed by atoms with Crippen molar-refractivity contribution >= 4 is 81.2 Å². The van der Waals surface area contributed by atoms with Gasteiger partial charge in [0.2, 0.25) is 6.19 Å². The van der Waals surface area contributed by atoms with Crippen LogP contribution < -0.4 is 16.0 Å². The number of thiazole rings is 2. The quantitative estimate of drug-likeness (QED) is 0.0618. The minimum atomic E-state index is -0.779. The number of rotatable bonds is 11. The standard InChI is InChI=1S/C9H12ClN5O2.C9H16N4O4.C8H9ClN4S.C6H8ClN5O2S/c1-11-9(13-15(16)17)14(2)6-7-3-4-8(10)12-5-7;1-11-6-17-7-12(9(11)10-13(14)15)4-8-2-3-16-5-8;1-6(12-5-10)13(2)4-7-3-11-8(9)14-7;1-8-6(11-12(13)14)10-3-4-2-9-5(7)15-4/h3-5H,6H2,1-2H3,(H,11,13);8H,2-7H2,1H3;3H,4H2,1-2H3;2H,3H2,1H3,(H2,8,10,11)/b;10-9+;;. The van der Waals surface area contributed by atoms with Gasteiger partial charge < -0.3 is 45.0 Å². The highest BCUT2D eigenvalue weighted by Crippen LogP contribution is 2.20. The van der Waals surface area contributed by atoms with E-state index in [-0.39, 0.29) is 11.9 Å².